The highest BCUT2D eigenvalue weighted by Crippen LogP contribution is 2.28. The number of rotatable bonds is 8. The Morgan fingerprint density at radius 2 is 1.73 bits per heavy atom. The summed E-state index contributed by atoms with van der Waals surface area (Å²) < 4.78 is 36.8. The van der Waals surface area contributed by atoms with Gasteiger partial charge in [0.15, 0.2) is 0 Å². The van der Waals surface area contributed by atoms with Crippen molar-refractivity contribution in [2.75, 3.05) is 46.4 Å². The van der Waals surface area contributed by atoms with Crippen molar-refractivity contribution in [3.05, 3.63) is 47.3 Å². The molecule has 0 radical (unpaired) electrons. The molecule has 8 heteroatoms. The molecule has 30 heavy (non-hydrogen) atoms. The molecule has 0 saturated carbocycles. The van der Waals surface area contributed by atoms with Crippen molar-refractivity contribution in [3.8, 4) is 5.75 Å². The maximum absolute atomic E-state index is 13.1. The Kier molecular flexibility index (Phi) is 7.23. The van der Waals surface area contributed by atoms with E-state index in [1.54, 1.807) is 12.1 Å². The molecule has 1 atom stereocenters. The van der Waals surface area contributed by atoms with Crippen LogP contribution in [0.3, 0.4) is 0 Å². The van der Waals surface area contributed by atoms with Gasteiger partial charge in [-0.15, -0.1) is 0 Å². The zero-order chi connectivity index (χ0) is 21.9. The third-order valence-electron chi connectivity index (χ3n) is 5.80. The zero-order valence-corrected chi connectivity index (χ0v) is 19.5. The molecule has 0 bridgehead atoms. The fourth-order valence-electron chi connectivity index (χ4n) is 4.08. The number of aromatic nitrogens is 1. The molecule has 1 saturated heterocycles. The van der Waals surface area contributed by atoms with Gasteiger partial charge in [0, 0.05) is 51.7 Å². The summed E-state index contributed by atoms with van der Waals surface area (Å²) in [6.45, 7) is 10.3. The summed E-state index contributed by atoms with van der Waals surface area (Å²) in [5.74, 6) is 0.760. The second-order valence-electron chi connectivity index (χ2n) is 8.07. The van der Waals surface area contributed by atoms with Gasteiger partial charge in [-0.3, -0.25) is 4.90 Å². The first kappa shape index (κ1) is 22.8. The number of benzene rings is 1. The lowest BCUT2D eigenvalue weighted by Crippen LogP contribution is -2.48. The Morgan fingerprint density at radius 3 is 2.27 bits per heavy atom. The van der Waals surface area contributed by atoms with E-state index in [1.807, 2.05) is 40.1 Å². The Bertz CT molecular complexity index is 940. The Balaban J connectivity index is 1.81. The maximum Gasteiger partial charge on any atom is 0.240 e. The molecule has 1 aliphatic heterocycles. The van der Waals surface area contributed by atoms with Crippen LogP contribution in [-0.2, 0) is 17.1 Å². The first-order valence-electron chi connectivity index (χ1n) is 10.5. The standard InChI is InChI=1S/C22H34N4O3S/c1-6-29-22-17(2)14-19(15-18(22)3)30(27,28)23-16-21(20-8-7-9-25(20)5)26-12-10-24(4)11-13-26/h7-9,14-15,21,23H,6,10-13,16H2,1-5H3. The van der Waals surface area contributed by atoms with Gasteiger partial charge < -0.3 is 14.2 Å². The number of likely N-dealkylation sites (N-methyl/N-ethyl adjacent to an activating group) is 1. The van der Waals surface area contributed by atoms with Crippen LogP contribution in [-0.4, -0.2) is 69.2 Å². The Labute approximate surface area is 180 Å². The number of piperazine rings is 1. The molecule has 7 nitrogen and oxygen atoms in total. The average molecular weight is 435 g/mol. The van der Waals surface area contributed by atoms with Crippen LogP contribution in [0.15, 0.2) is 35.4 Å². The molecule has 1 unspecified atom stereocenters. The van der Waals surface area contributed by atoms with Crippen LogP contribution in [0.1, 0.15) is 29.8 Å². The quantitative estimate of drug-likeness (QED) is 0.691. The highest BCUT2D eigenvalue weighted by atomic mass is 32.2. The van der Waals surface area contributed by atoms with E-state index in [0.717, 1.165) is 48.7 Å². The fourth-order valence-corrected chi connectivity index (χ4v) is 5.29. The van der Waals surface area contributed by atoms with Gasteiger partial charge in [-0.1, -0.05) is 0 Å². The van der Waals surface area contributed by atoms with Crippen molar-refractivity contribution in [1.82, 2.24) is 19.1 Å². The normalized spacial score (nSPS) is 17.2. The van der Waals surface area contributed by atoms with Crippen LogP contribution in [0.2, 0.25) is 0 Å². The topological polar surface area (TPSA) is 66.8 Å². The number of aryl methyl sites for hydroxylation is 3. The van der Waals surface area contributed by atoms with Gasteiger partial charge >= 0.3 is 0 Å². The van der Waals surface area contributed by atoms with Crippen molar-refractivity contribution in [2.24, 2.45) is 7.05 Å². The average Bonchev–Trinajstić information content (AvgIpc) is 3.11. The lowest BCUT2D eigenvalue weighted by atomic mass is 10.1. The van der Waals surface area contributed by atoms with Crippen LogP contribution in [0.5, 0.6) is 5.75 Å². The predicted molar refractivity (Wildman–Crippen MR) is 119 cm³/mol. The van der Waals surface area contributed by atoms with Crippen molar-refractivity contribution in [3.63, 3.8) is 0 Å². The molecule has 166 valence electrons. The molecular formula is C22H34N4O3S. The fraction of sp³-hybridized carbons (Fsp3) is 0.545. The summed E-state index contributed by atoms with van der Waals surface area (Å²) >= 11 is 0. The van der Waals surface area contributed by atoms with Gasteiger partial charge in [0.25, 0.3) is 0 Å². The van der Waals surface area contributed by atoms with E-state index in [2.05, 4.69) is 32.2 Å². The van der Waals surface area contributed by atoms with Crippen molar-refractivity contribution < 1.29 is 13.2 Å². The largest absolute Gasteiger partial charge is 0.493 e. The van der Waals surface area contributed by atoms with Crippen molar-refractivity contribution in [2.45, 2.75) is 31.7 Å². The van der Waals surface area contributed by atoms with E-state index in [1.165, 1.54) is 0 Å². The summed E-state index contributed by atoms with van der Waals surface area (Å²) in [5, 5.41) is 0. The second kappa shape index (κ2) is 9.51. The van der Waals surface area contributed by atoms with Gasteiger partial charge in [0.1, 0.15) is 5.75 Å². The monoisotopic (exact) mass is 434 g/mol. The van der Waals surface area contributed by atoms with Crippen molar-refractivity contribution in [1.29, 1.82) is 0 Å². The number of nitrogens with one attached hydrogen (secondary N) is 1. The van der Waals surface area contributed by atoms with Gasteiger partial charge in [-0.2, -0.15) is 0 Å². The van der Waals surface area contributed by atoms with E-state index >= 15 is 0 Å². The van der Waals surface area contributed by atoms with Crippen molar-refractivity contribution >= 4 is 10.0 Å². The minimum absolute atomic E-state index is 0.0154. The Morgan fingerprint density at radius 1 is 1.10 bits per heavy atom. The van der Waals surface area contributed by atoms with Crippen LogP contribution in [0, 0.1) is 13.8 Å². The number of ether oxygens (including phenoxy) is 1. The maximum atomic E-state index is 13.1. The molecule has 2 heterocycles. The third-order valence-corrected chi connectivity index (χ3v) is 7.21. The molecule has 0 aliphatic carbocycles. The lowest BCUT2D eigenvalue weighted by Gasteiger charge is -2.38. The summed E-state index contributed by atoms with van der Waals surface area (Å²) in [4.78, 5) is 4.95. The van der Waals surface area contributed by atoms with E-state index in [-0.39, 0.29) is 10.9 Å². The molecule has 1 aromatic heterocycles. The van der Waals surface area contributed by atoms with Crippen LogP contribution >= 0.6 is 0 Å². The number of nitrogens with zero attached hydrogens (tertiary/aromatic N) is 3. The molecule has 1 N–H and O–H groups in total. The highest BCUT2D eigenvalue weighted by molar-refractivity contribution is 7.89. The van der Waals surface area contributed by atoms with Gasteiger partial charge in [-0.05, 0) is 63.2 Å². The van der Waals surface area contributed by atoms with Gasteiger partial charge in [0.05, 0.1) is 17.5 Å². The van der Waals surface area contributed by atoms with E-state index in [9.17, 15) is 8.42 Å². The summed E-state index contributed by atoms with van der Waals surface area (Å²) in [7, 11) is 0.488. The summed E-state index contributed by atoms with van der Waals surface area (Å²) in [6.07, 6.45) is 2.01. The molecule has 2 aromatic rings. The molecule has 0 amide bonds. The molecule has 1 fully saturated rings. The lowest BCUT2D eigenvalue weighted by molar-refractivity contribution is 0.109. The first-order chi connectivity index (χ1) is 14.2. The minimum atomic E-state index is -3.64. The number of hydrogen-bond donors (Lipinski definition) is 1. The van der Waals surface area contributed by atoms with Crippen LogP contribution < -0.4 is 9.46 Å². The van der Waals surface area contributed by atoms with Crippen LogP contribution in [0.4, 0.5) is 0 Å². The number of hydrogen-bond acceptors (Lipinski definition) is 5. The molecular weight excluding hydrogens is 400 g/mol. The van der Waals surface area contributed by atoms with E-state index in [0.29, 0.717) is 13.2 Å². The molecule has 0 spiro atoms. The van der Waals surface area contributed by atoms with Gasteiger partial charge in [-0.25, -0.2) is 13.1 Å². The van der Waals surface area contributed by atoms with Crippen LogP contribution in [0.25, 0.3) is 0 Å². The molecule has 3 rings (SSSR count). The SMILES string of the molecule is CCOc1c(C)cc(S(=O)(=O)NCC(c2cccn2C)N2CCN(C)CC2)cc1C. The third kappa shape index (κ3) is 5.06. The second-order valence-corrected chi connectivity index (χ2v) is 9.84. The summed E-state index contributed by atoms with van der Waals surface area (Å²) in [6, 6.07) is 7.44. The number of sulfonamides is 1. The smallest absolute Gasteiger partial charge is 0.240 e. The predicted octanol–water partition coefficient (Wildman–Crippen LogP) is 2.31. The van der Waals surface area contributed by atoms with E-state index < -0.39 is 10.0 Å². The molecule has 1 aliphatic rings. The Hall–Kier alpha value is -1.87. The van der Waals surface area contributed by atoms with E-state index in [4.69, 9.17) is 4.74 Å². The van der Waals surface area contributed by atoms with Gasteiger partial charge in [0.2, 0.25) is 10.0 Å². The minimum Gasteiger partial charge on any atom is -0.493 e. The first-order valence-corrected chi connectivity index (χ1v) is 12.0. The highest BCUT2D eigenvalue weighted by Gasteiger charge is 2.27. The summed E-state index contributed by atoms with van der Waals surface area (Å²) in [5.41, 5.74) is 2.77. The molecule has 1 aromatic carbocycles. The zero-order valence-electron chi connectivity index (χ0n) is 18.7.